The zero-order chi connectivity index (χ0) is 36.0. The highest BCUT2D eigenvalue weighted by atomic mass is 19.1. The normalized spacial score (nSPS) is 19.4. The van der Waals surface area contributed by atoms with Crippen molar-refractivity contribution < 1.29 is 13.9 Å². The largest absolute Gasteiger partial charge is 0.384 e. The maximum Gasteiger partial charge on any atom is 0.156 e. The number of hydrogen-bond donors (Lipinski definition) is 1. The number of ether oxygens (including phenoxy) is 1. The summed E-state index contributed by atoms with van der Waals surface area (Å²) in [5.41, 5.74) is 13.8. The summed E-state index contributed by atoms with van der Waals surface area (Å²) < 4.78 is 18.7. The second-order valence-electron chi connectivity index (χ2n) is 12.9. The van der Waals surface area contributed by atoms with Crippen molar-refractivity contribution in [1.82, 2.24) is 4.90 Å². The molecule has 0 saturated carbocycles. The number of piperidine rings is 1. The van der Waals surface area contributed by atoms with Crippen LogP contribution in [0.5, 0.6) is 0 Å². The maximum atomic E-state index is 13.4. The van der Waals surface area contributed by atoms with Crippen molar-refractivity contribution >= 4 is 11.5 Å². The summed E-state index contributed by atoms with van der Waals surface area (Å²) in [7, 11) is 1.77. The lowest BCUT2D eigenvalue weighted by atomic mass is 9.73. The van der Waals surface area contributed by atoms with Crippen LogP contribution in [0.25, 0.3) is 11.1 Å². The van der Waals surface area contributed by atoms with Crippen molar-refractivity contribution in [2.24, 2.45) is 22.1 Å². The average molecular weight is 666 g/mol. The third kappa shape index (κ3) is 10.2. The van der Waals surface area contributed by atoms with Gasteiger partial charge in [0.25, 0.3) is 0 Å². The van der Waals surface area contributed by atoms with Crippen LogP contribution >= 0.6 is 0 Å². The van der Waals surface area contributed by atoms with Gasteiger partial charge in [-0.2, -0.15) is 0 Å². The number of methoxy groups -OCH3 is 1. The molecule has 3 aromatic rings. The smallest absolute Gasteiger partial charge is 0.156 e. The topological polar surface area (TPSA) is 67.9 Å². The Labute approximate surface area is 294 Å². The molecule has 262 valence electrons. The van der Waals surface area contributed by atoms with Gasteiger partial charge in [0.15, 0.2) is 5.78 Å². The van der Waals surface area contributed by atoms with Crippen molar-refractivity contribution in [1.29, 1.82) is 0 Å². The molecule has 0 aromatic heterocycles. The first kappa shape index (κ1) is 39.3. The van der Waals surface area contributed by atoms with Gasteiger partial charge in [-0.1, -0.05) is 107 Å². The van der Waals surface area contributed by atoms with E-state index in [1.165, 1.54) is 35.2 Å². The second kappa shape index (κ2) is 19.2. The van der Waals surface area contributed by atoms with E-state index in [9.17, 15) is 9.18 Å². The molecule has 2 heterocycles. The summed E-state index contributed by atoms with van der Waals surface area (Å²) in [6.07, 6.45) is 7.80. The minimum Gasteiger partial charge on any atom is -0.384 e. The van der Waals surface area contributed by atoms with Crippen LogP contribution in [-0.2, 0) is 9.53 Å². The minimum atomic E-state index is -0.198. The summed E-state index contributed by atoms with van der Waals surface area (Å²) in [5.74, 6) is 0.675. The van der Waals surface area contributed by atoms with Crippen LogP contribution in [0, 0.1) is 17.2 Å². The van der Waals surface area contributed by atoms with Gasteiger partial charge in [-0.25, -0.2) is 4.39 Å². The standard InChI is InChI=1S/C18H21FN2.C15H14O.C8H15NO.C2H6/c1-3-14-9-18(13-21(4-2)11-14)10-17(20-12-18)15-6-5-7-16(19)8-15;1-16-10-15-13-8-4-2-6-11(13)12-7-3-5-9-14(12)15;1-4-5-8(9)6(2)7(3)10;1-2/h3-8,14H,1-2,9-13H2;2-9,15H,10H2,1H3;8H,2,4-5,9H2,1,3H3;1-2H3. The Morgan fingerprint density at radius 2 is 1.71 bits per heavy atom. The van der Waals surface area contributed by atoms with E-state index in [1.54, 1.807) is 19.2 Å². The fraction of sp³-hybridized carbons (Fsp3) is 0.395. The molecule has 1 spiro atoms. The van der Waals surface area contributed by atoms with Crippen molar-refractivity contribution in [3.63, 3.8) is 0 Å². The summed E-state index contributed by atoms with van der Waals surface area (Å²) in [4.78, 5) is 17.7. The Balaban J connectivity index is 0.000000206. The van der Waals surface area contributed by atoms with Gasteiger partial charge in [-0.3, -0.25) is 9.79 Å². The van der Waals surface area contributed by atoms with E-state index in [1.807, 2.05) is 39.1 Å². The van der Waals surface area contributed by atoms with Crippen molar-refractivity contribution in [3.8, 4) is 11.1 Å². The van der Waals surface area contributed by atoms with Crippen LogP contribution in [-0.4, -0.2) is 55.8 Å². The molecule has 5 nitrogen and oxygen atoms in total. The summed E-state index contributed by atoms with van der Waals surface area (Å²) in [6, 6.07) is 23.8. The van der Waals surface area contributed by atoms with Gasteiger partial charge in [0.2, 0.25) is 0 Å². The van der Waals surface area contributed by atoms with Gasteiger partial charge >= 0.3 is 0 Å². The highest BCUT2D eigenvalue weighted by Crippen LogP contribution is 2.44. The Kier molecular flexibility index (Phi) is 15.4. The number of halogens is 1. The number of likely N-dealkylation sites (tertiary alicyclic amines) is 1. The van der Waals surface area contributed by atoms with Gasteiger partial charge in [0, 0.05) is 55.4 Å². The summed E-state index contributed by atoms with van der Waals surface area (Å²) in [6.45, 7) is 22.5. The number of fused-ring (bicyclic) bond motifs is 3. The molecule has 3 atom stereocenters. The quantitative estimate of drug-likeness (QED) is 0.183. The molecule has 1 fully saturated rings. The number of rotatable bonds is 9. The van der Waals surface area contributed by atoms with Gasteiger partial charge in [-0.15, -0.1) is 6.58 Å². The van der Waals surface area contributed by atoms with E-state index < -0.39 is 0 Å². The minimum absolute atomic E-state index is 0.000880. The number of nitrogens with two attached hydrogens (primary N) is 1. The first-order valence-electron chi connectivity index (χ1n) is 17.6. The van der Waals surface area contributed by atoms with Crippen molar-refractivity contribution in [2.45, 2.75) is 65.3 Å². The zero-order valence-electron chi connectivity index (χ0n) is 30.3. The molecule has 1 aliphatic carbocycles. The Morgan fingerprint density at radius 3 is 2.24 bits per heavy atom. The number of Topliss-reactive ketones (excluding diaryl/α,β-unsaturated/α-hetero) is 1. The predicted molar refractivity (Wildman–Crippen MR) is 205 cm³/mol. The lowest BCUT2D eigenvalue weighted by Crippen LogP contribution is -2.45. The first-order chi connectivity index (χ1) is 23.6. The zero-order valence-corrected chi connectivity index (χ0v) is 30.3. The molecule has 6 rings (SSSR count). The van der Waals surface area contributed by atoms with Gasteiger partial charge in [0.1, 0.15) is 5.82 Å². The third-order valence-electron chi connectivity index (χ3n) is 9.40. The lowest BCUT2D eigenvalue weighted by Gasteiger charge is -2.42. The molecule has 49 heavy (non-hydrogen) atoms. The molecule has 0 bridgehead atoms. The van der Waals surface area contributed by atoms with E-state index >= 15 is 0 Å². The highest BCUT2D eigenvalue weighted by Gasteiger charge is 2.42. The first-order valence-corrected chi connectivity index (χ1v) is 17.6. The van der Waals surface area contributed by atoms with Crippen LogP contribution in [0.4, 0.5) is 4.39 Å². The SMILES string of the molecule is C=C(C(C)=O)C(N)CCC.C=CC1CN(C=C)CC2(CN=C(c3cccc(F)c3)C2)C1.CC.COCC1c2ccccc2-c2ccccc21. The molecule has 6 heteroatoms. The second-order valence-corrected chi connectivity index (χ2v) is 12.9. The average Bonchev–Trinajstić information content (AvgIpc) is 3.68. The number of benzene rings is 3. The number of aliphatic imine (C=N–C) groups is 1. The van der Waals surface area contributed by atoms with E-state index in [2.05, 4.69) is 73.2 Å². The molecule has 3 aliphatic rings. The summed E-state index contributed by atoms with van der Waals surface area (Å²) >= 11 is 0. The van der Waals surface area contributed by atoms with Crippen LogP contribution in [0.2, 0.25) is 0 Å². The fourth-order valence-electron chi connectivity index (χ4n) is 6.97. The Bertz CT molecular complexity index is 1530. The molecule has 0 amide bonds. The number of hydrogen-bond acceptors (Lipinski definition) is 5. The van der Waals surface area contributed by atoms with Gasteiger partial charge in [0.05, 0.1) is 6.61 Å². The molecule has 2 N–H and O–H groups in total. The van der Waals surface area contributed by atoms with E-state index in [0.29, 0.717) is 17.4 Å². The Morgan fingerprint density at radius 1 is 1.08 bits per heavy atom. The molecule has 3 aromatic carbocycles. The highest BCUT2D eigenvalue weighted by molar-refractivity contribution is 6.02. The number of nitrogens with zero attached hydrogens (tertiary/aromatic N) is 2. The van der Waals surface area contributed by atoms with E-state index in [-0.39, 0.29) is 23.1 Å². The Hall–Kier alpha value is -4.13. The number of carbonyl (C=O) groups excluding carboxylic acids is 1. The number of carbonyl (C=O) groups is 1. The third-order valence-corrected chi connectivity index (χ3v) is 9.40. The van der Waals surface area contributed by atoms with Crippen LogP contribution < -0.4 is 5.73 Å². The summed E-state index contributed by atoms with van der Waals surface area (Å²) in [5, 5.41) is 0. The van der Waals surface area contributed by atoms with E-state index in [0.717, 1.165) is 63.2 Å². The van der Waals surface area contributed by atoms with Gasteiger partial charge < -0.3 is 15.4 Å². The molecule has 2 aliphatic heterocycles. The van der Waals surface area contributed by atoms with Gasteiger partial charge in [-0.05, 0) is 78.3 Å². The van der Waals surface area contributed by atoms with Crippen LogP contribution in [0.3, 0.4) is 0 Å². The van der Waals surface area contributed by atoms with Crippen molar-refractivity contribution in [2.75, 3.05) is 33.4 Å². The molecule has 3 unspecified atom stereocenters. The number of ketones is 1. The van der Waals surface area contributed by atoms with E-state index in [4.69, 9.17) is 15.5 Å². The monoisotopic (exact) mass is 665 g/mol. The van der Waals surface area contributed by atoms with Crippen molar-refractivity contribution in [3.05, 3.63) is 133 Å². The molecule has 0 radical (unpaired) electrons. The maximum absolute atomic E-state index is 13.4. The predicted octanol–water partition coefficient (Wildman–Crippen LogP) is 9.39. The van der Waals surface area contributed by atoms with Crippen LogP contribution in [0.1, 0.15) is 76.0 Å². The van der Waals surface area contributed by atoms with Crippen LogP contribution in [0.15, 0.2) is 115 Å². The molecule has 1 saturated heterocycles. The molecular weight excluding hydrogens is 609 g/mol. The lowest BCUT2D eigenvalue weighted by molar-refractivity contribution is -0.113. The fourth-order valence-corrected chi connectivity index (χ4v) is 6.97. The molecular formula is C43H56FN3O2.